The van der Waals surface area contributed by atoms with Crippen molar-refractivity contribution in [1.82, 2.24) is 15.2 Å². The van der Waals surface area contributed by atoms with Gasteiger partial charge in [-0.3, -0.25) is 9.69 Å². The molecular weight excluding hydrogens is 370 g/mol. The molecule has 2 saturated carbocycles. The third kappa shape index (κ3) is 2.85. The van der Waals surface area contributed by atoms with Gasteiger partial charge >= 0.3 is 6.03 Å². The Labute approximate surface area is 169 Å². The van der Waals surface area contributed by atoms with Gasteiger partial charge < -0.3 is 5.32 Å². The summed E-state index contributed by atoms with van der Waals surface area (Å²) in [6.45, 7) is 4.61. The van der Waals surface area contributed by atoms with Crippen molar-refractivity contribution in [3.05, 3.63) is 40.9 Å². The molecule has 0 unspecified atom stereocenters. The molecule has 0 spiro atoms. The molecule has 1 aliphatic heterocycles. The van der Waals surface area contributed by atoms with Crippen LogP contribution in [0.1, 0.15) is 56.7 Å². The van der Waals surface area contributed by atoms with Crippen LogP contribution >= 0.6 is 11.3 Å². The zero-order chi connectivity index (χ0) is 19.5. The molecule has 3 aliphatic rings. The van der Waals surface area contributed by atoms with E-state index in [4.69, 9.17) is 4.98 Å². The van der Waals surface area contributed by atoms with Crippen molar-refractivity contribution in [3.63, 3.8) is 0 Å². The Kier molecular flexibility index (Phi) is 4.09. The van der Waals surface area contributed by atoms with Gasteiger partial charge in [0, 0.05) is 10.9 Å². The van der Waals surface area contributed by atoms with E-state index in [0.717, 1.165) is 41.9 Å². The standard InChI is InChI=1S/C22H25N3O2S/c1-13(2)14-3-5-15(6-4-14)19-23-18(12-28-19)11-25-20(26)22(16-7-8-16,17-9-10-17)24-21(25)27/h3-6,12-13,16-17H,7-11H2,1-2H3,(H,24,27). The van der Waals surface area contributed by atoms with Crippen LogP contribution in [0.4, 0.5) is 4.79 Å². The maximum atomic E-state index is 13.2. The molecule has 3 fully saturated rings. The number of nitrogens with one attached hydrogen (secondary N) is 1. The molecule has 5 rings (SSSR count). The highest BCUT2D eigenvalue weighted by atomic mass is 32.1. The molecule has 2 aromatic rings. The molecule has 6 heteroatoms. The summed E-state index contributed by atoms with van der Waals surface area (Å²) in [4.78, 5) is 31.9. The van der Waals surface area contributed by atoms with Crippen molar-refractivity contribution in [1.29, 1.82) is 0 Å². The summed E-state index contributed by atoms with van der Waals surface area (Å²) in [7, 11) is 0. The van der Waals surface area contributed by atoms with E-state index in [2.05, 4.69) is 43.4 Å². The Morgan fingerprint density at radius 2 is 1.79 bits per heavy atom. The van der Waals surface area contributed by atoms with Crippen LogP contribution in [0.3, 0.4) is 0 Å². The molecule has 0 bridgehead atoms. The first kappa shape index (κ1) is 17.9. The molecular formula is C22H25N3O2S. The Bertz CT molecular complexity index is 914. The number of aromatic nitrogens is 1. The SMILES string of the molecule is CC(C)c1ccc(-c2nc(CN3C(=O)NC(C4CC4)(C4CC4)C3=O)cs2)cc1. The largest absolute Gasteiger partial charge is 0.325 e. The number of rotatable bonds is 6. The molecule has 1 N–H and O–H groups in total. The fourth-order valence-corrected chi connectivity index (χ4v) is 5.22. The smallest absolute Gasteiger partial charge is 0.323 e. The summed E-state index contributed by atoms with van der Waals surface area (Å²) >= 11 is 1.56. The lowest BCUT2D eigenvalue weighted by Crippen LogP contribution is -2.51. The van der Waals surface area contributed by atoms with Crippen molar-refractivity contribution in [3.8, 4) is 10.6 Å². The van der Waals surface area contributed by atoms with Crippen LogP contribution in [-0.4, -0.2) is 27.4 Å². The molecule has 0 atom stereocenters. The van der Waals surface area contributed by atoms with Gasteiger partial charge in [-0.2, -0.15) is 0 Å². The van der Waals surface area contributed by atoms with Gasteiger partial charge in [0.15, 0.2) is 0 Å². The lowest BCUT2D eigenvalue weighted by Gasteiger charge is -2.26. The Morgan fingerprint density at radius 3 is 2.36 bits per heavy atom. The van der Waals surface area contributed by atoms with Crippen LogP contribution in [0, 0.1) is 11.8 Å². The number of nitrogens with zero attached hydrogens (tertiary/aromatic N) is 2. The van der Waals surface area contributed by atoms with E-state index in [0.29, 0.717) is 17.8 Å². The van der Waals surface area contributed by atoms with E-state index >= 15 is 0 Å². The third-order valence-electron chi connectivity index (χ3n) is 6.30. The number of carbonyl (C=O) groups excluding carboxylic acids is 2. The highest BCUT2D eigenvalue weighted by Crippen LogP contribution is 2.54. The van der Waals surface area contributed by atoms with E-state index < -0.39 is 5.54 Å². The maximum absolute atomic E-state index is 13.2. The summed E-state index contributed by atoms with van der Waals surface area (Å²) < 4.78 is 0. The van der Waals surface area contributed by atoms with Crippen LogP contribution in [0.25, 0.3) is 10.6 Å². The lowest BCUT2D eigenvalue weighted by atomic mass is 9.87. The minimum atomic E-state index is -0.622. The number of hydrogen-bond acceptors (Lipinski definition) is 4. The zero-order valence-corrected chi connectivity index (χ0v) is 17.1. The molecule has 1 aromatic heterocycles. The van der Waals surface area contributed by atoms with Crippen LogP contribution < -0.4 is 5.32 Å². The molecule has 1 saturated heterocycles. The number of hydrogen-bond donors (Lipinski definition) is 1. The summed E-state index contributed by atoms with van der Waals surface area (Å²) in [5.41, 5.74) is 2.53. The molecule has 5 nitrogen and oxygen atoms in total. The maximum Gasteiger partial charge on any atom is 0.325 e. The van der Waals surface area contributed by atoms with E-state index in [1.807, 2.05) is 5.38 Å². The normalized spacial score (nSPS) is 21.5. The quantitative estimate of drug-likeness (QED) is 0.730. The van der Waals surface area contributed by atoms with Crippen LogP contribution in [-0.2, 0) is 11.3 Å². The summed E-state index contributed by atoms with van der Waals surface area (Å²) in [6, 6.07) is 8.21. The summed E-state index contributed by atoms with van der Waals surface area (Å²) in [6.07, 6.45) is 4.18. The molecule has 2 heterocycles. The Hall–Kier alpha value is -2.21. The minimum Gasteiger partial charge on any atom is -0.323 e. The zero-order valence-electron chi connectivity index (χ0n) is 16.3. The van der Waals surface area contributed by atoms with E-state index in [1.54, 1.807) is 11.3 Å². The summed E-state index contributed by atoms with van der Waals surface area (Å²) in [5, 5.41) is 5.96. The van der Waals surface area contributed by atoms with Gasteiger partial charge in [0.1, 0.15) is 10.5 Å². The van der Waals surface area contributed by atoms with Crippen LogP contribution in [0.15, 0.2) is 29.6 Å². The fourth-order valence-electron chi connectivity index (χ4n) is 4.41. The van der Waals surface area contributed by atoms with Gasteiger partial charge in [0.05, 0.1) is 12.2 Å². The average Bonchev–Trinajstić information content (AvgIpc) is 3.61. The number of imide groups is 1. The van der Waals surface area contributed by atoms with Crippen molar-refractivity contribution in [2.45, 2.75) is 57.5 Å². The Balaban J connectivity index is 1.34. The second-order valence-electron chi connectivity index (χ2n) is 8.66. The van der Waals surface area contributed by atoms with Gasteiger partial charge in [-0.1, -0.05) is 38.1 Å². The van der Waals surface area contributed by atoms with Gasteiger partial charge in [-0.25, -0.2) is 9.78 Å². The predicted molar refractivity (Wildman–Crippen MR) is 109 cm³/mol. The number of urea groups is 1. The first-order chi connectivity index (χ1) is 13.5. The molecule has 28 heavy (non-hydrogen) atoms. The van der Waals surface area contributed by atoms with Crippen LogP contribution in [0.5, 0.6) is 0 Å². The summed E-state index contributed by atoms with van der Waals surface area (Å²) in [5.74, 6) is 1.12. The van der Waals surface area contributed by atoms with Crippen molar-refractivity contribution in [2.24, 2.45) is 11.8 Å². The first-order valence-corrected chi connectivity index (χ1v) is 11.1. The predicted octanol–water partition coefficient (Wildman–Crippen LogP) is 4.54. The second-order valence-corrected chi connectivity index (χ2v) is 9.52. The molecule has 0 radical (unpaired) electrons. The van der Waals surface area contributed by atoms with Crippen molar-refractivity contribution >= 4 is 23.3 Å². The highest BCUT2D eigenvalue weighted by molar-refractivity contribution is 7.13. The third-order valence-corrected chi connectivity index (χ3v) is 7.24. The number of benzene rings is 1. The number of carbonyl (C=O) groups is 2. The van der Waals surface area contributed by atoms with Gasteiger partial charge in [0.25, 0.3) is 5.91 Å². The van der Waals surface area contributed by atoms with Crippen LogP contribution in [0.2, 0.25) is 0 Å². The van der Waals surface area contributed by atoms with Crippen molar-refractivity contribution < 1.29 is 9.59 Å². The van der Waals surface area contributed by atoms with E-state index in [-0.39, 0.29) is 18.5 Å². The average molecular weight is 396 g/mol. The molecule has 3 amide bonds. The topological polar surface area (TPSA) is 62.3 Å². The molecule has 2 aliphatic carbocycles. The first-order valence-electron chi connectivity index (χ1n) is 10.2. The highest BCUT2D eigenvalue weighted by Gasteiger charge is 2.65. The van der Waals surface area contributed by atoms with Gasteiger partial charge in [-0.15, -0.1) is 11.3 Å². The Morgan fingerprint density at radius 1 is 1.14 bits per heavy atom. The molecule has 1 aromatic carbocycles. The second kappa shape index (κ2) is 6.41. The van der Waals surface area contributed by atoms with E-state index in [1.165, 1.54) is 10.5 Å². The van der Waals surface area contributed by atoms with Gasteiger partial charge in [-0.05, 0) is 49.0 Å². The number of thiazole rings is 1. The fraction of sp³-hybridized carbons (Fsp3) is 0.500. The number of amides is 3. The van der Waals surface area contributed by atoms with E-state index in [9.17, 15) is 9.59 Å². The molecule has 146 valence electrons. The minimum absolute atomic E-state index is 0.0293. The lowest BCUT2D eigenvalue weighted by molar-refractivity contribution is -0.133. The van der Waals surface area contributed by atoms with Crippen molar-refractivity contribution in [2.75, 3.05) is 0 Å². The van der Waals surface area contributed by atoms with Gasteiger partial charge in [0.2, 0.25) is 0 Å². The monoisotopic (exact) mass is 395 g/mol.